The maximum Gasteiger partial charge on any atom is 0.335 e. The Labute approximate surface area is 397 Å². The van der Waals surface area contributed by atoms with Gasteiger partial charge in [-0.15, -0.1) is 5.06 Å². The molecule has 1 fully saturated rings. The van der Waals surface area contributed by atoms with Crippen molar-refractivity contribution in [2.24, 2.45) is 0 Å². The molecule has 69 heavy (non-hydrogen) atoms. The van der Waals surface area contributed by atoms with Gasteiger partial charge < -0.3 is 24.3 Å². The number of imide groups is 1. The van der Waals surface area contributed by atoms with Crippen molar-refractivity contribution in [3.8, 4) is 0 Å². The van der Waals surface area contributed by atoms with Crippen LogP contribution < -0.4 is 4.90 Å². The van der Waals surface area contributed by atoms with Crippen molar-refractivity contribution in [3.05, 3.63) is 82.3 Å². The van der Waals surface area contributed by atoms with Crippen LogP contribution >= 0.6 is 0 Å². The van der Waals surface area contributed by atoms with Crippen molar-refractivity contribution in [3.63, 3.8) is 0 Å². The number of nitrogens with zero attached hydrogens (tertiary/aromatic N) is 3. The molecule has 0 aromatic heterocycles. The van der Waals surface area contributed by atoms with Gasteiger partial charge in [0.05, 0.1) is 57.5 Å². The Bertz CT molecular complexity index is 3070. The van der Waals surface area contributed by atoms with Crippen LogP contribution in [-0.2, 0) is 84.8 Å². The molecule has 27 heteroatoms. The van der Waals surface area contributed by atoms with Crippen LogP contribution in [0.5, 0.6) is 0 Å². The zero-order valence-corrected chi connectivity index (χ0v) is 40.6. The summed E-state index contributed by atoms with van der Waals surface area (Å²) >= 11 is 0. The molecule has 1 saturated heterocycles. The summed E-state index contributed by atoms with van der Waals surface area (Å²) in [5.74, 6) is -5.01. The van der Waals surface area contributed by atoms with E-state index >= 15 is 0 Å². The number of benzene rings is 2. The lowest BCUT2D eigenvalue weighted by Gasteiger charge is -2.32. The number of rotatable bonds is 22. The summed E-state index contributed by atoms with van der Waals surface area (Å²) in [5.41, 5.74) is -1.56. The Morgan fingerprint density at radius 1 is 0.768 bits per heavy atom. The van der Waals surface area contributed by atoms with E-state index in [1.807, 2.05) is 0 Å². The quantitative estimate of drug-likeness (QED) is 0.0372. The lowest BCUT2D eigenvalue weighted by Crippen LogP contribution is -2.35. The average Bonchev–Trinajstić information content (AvgIpc) is 3.77. The number of ketones is 1. The number of hydroxylamine groups is 2. The molecule has 5 N–H and O–H groups in total. The highest BCUT2D eigenvalue weighted by atomic mass is 32.2. The van der Waals surface area contributed by atoms with Crippen LogP contribution in [0.2, 0.25) is 0 Å². The molecule has 6 rings (SSSR count). The fraction of sp³-hybridized carbons (Fsp3) is 0.452. The average molecular weight is 1050 g/mol. The van der Waals surface area contributed by atoms with E-state index in [2.05, 4.69) is 0 Å². The predicted molar refractivity (Wildman–Crippen MR) is 241 cm³/mol. The molecule has 23 nitrogen and oxygen atoms in total. The SMILES string of the molecule is COCCN1C(=CC2=C(O)C(=CC3=[N+](CCOCCC(=O)ON4C(=O)CCC4=O)c4ccc(S(=O)(=O)O)cc4C3(C)CCCS(=O)(=O)O)C2=O)C(C)(CCCS(=O)(=O)O)c2cc(S(=O)(=O)O)ccc21. The van der Waals surface area contributed by atoms with Crippen molar-refractivity contribution in [2.75, 3.05) is 56.4 Å². The summed E-state index contributed by atoms with van der Waals surface area (Å²) < 4.78 is 148. The normalized spacial score (nSPS) is 22.0. The molecule has 2 aromatic carbocycles. The van der Waals surface area contributed by atoms with E-state index in [4.69, 9.17) is 14.3 Å². The van der Waals surface area contributed by atoms with Crippen molar-refractivity contribution in [1.29, 1.82) is 0 Å². The fourth-order valence-electron chi connectivity index (χ4n) is 8.92. The molecule has 1 aliphatic carbocycles. The van der Waals surface area contributed by atoms with Gasteiger partial charge in [0.25, 0.3) is 52.3 Å². The monoisotopic (exact) mass is 1040 g/mol. The topological polar surface area (TPSA) is 343 Å². The molecular formula is C42H50N3O20S4+. The van der Waals surface area contributed by atoms with Gasteiger partial charge in [-0.1, -0.05) is 0 Å². The minimum Gasteiger partial charge on any atom is -0.506 e. The molecule has 2 unspecified atom stereocenters. The Balaban J connectivity index is 1.43. The molecule has 2 amide bonds. The maximum atomic E-state index is 14.4. The van der Waals surface area contributed by atoms with Crippen molar-refractivity contribution in [2.45, 2.75) is 79.4 Å². The van der Waals surface area contributed by atoms with Crippen LogP contribution in [0.3, 0.4) is 0 Å². The number of carbonyl (C=O) groups excluding carboxylic acids is 4. The summed E-state index contributed by atoms with van der Waals surface area (Å²) in [5, 5.41) is 12.2. The van der Waals surface area contributed by atoms with Gasteiger partial charge in [-0.2, -0.15) is 38.2 Å². The number of hydrogen-bond donors (Lipinski definition) is 5. The number of aliphatic hydroxyl groups excluding tert-OH is 1. The standard InChI is InChI=1S/C42H49N3O20S4/c1-41(13-4-20-66(51,52)53)30-22-26(68(57,58)59)6-8-32(30)43(15-18-63-3)34(41)24-28-39(49)29(40(28)50)25-35-42(2,14-5-21-67(54,55)56)31-23-27(69(60,61)62)7-9-33(31)44(35)16-19-64-17-12-38(48)65-45-36(46)10-11-37(45)47/h6-9,22-25H,4-5,10-21H2,1-3H3,(H4-,49,50,51,52,53,54,55,56,57,58,59,60,61,62)/p+1. The Hall–Kier alpha value is -5.23. The van der Waals surface area contributed by atoms with Crippen LogP contribution in [0.15, 0.2) is 80.9 Å². The highest BCUT2D eigenvalue weighted by Crippen LogP contribution is 2.52. The number of aliphatic hydroxyl groups is 1. The number of methoxy groups -OCH3 is 1. The smallest absolute Gasteiger partial charge is 0.335 e. The van der Waals surface area contributed by atoms with Gasteiger partial charge in [-0.25, -0.2) is 4.79 Å². The van der Waals surface area contributed by atoms with Crippen LogP contribution in [0, 0.1) is 0 Å². The summed E-state index contributed by atoms with van der Waals surface area (Å²) in [6.45, 7) is 2.85. The molecular weight excluding hydrogens is 995 g/mol. The minimum atomic E-state index is -4.81. The molecule has 0 bridgehead atoms. The van der Waals surface area contributed by atoms with E-state index in [-0.39, 0.29) is 106 Å². The Morgan fingerprint density at radius 2 is 1.33 bits per heavy atom. The third-order valence-corrected chi connectivity index (χ3v) is 15.7. The number of Topliss-reactive ketones (excluding diaryl/α,β-unsaturated/α-hetero) is 1. The first-order valence-corrected chi connectivity index (χ1v) is 27.2. The van der Waals surface area contributed by atoms with E-state index in [1.165, 1.54) is 37.5 Å². The number of carbonyl (C=O) groups is 4. The van der Waals surface area contributed by atoms with Crippen LogP contribution in [0.25, 0.3) is 0 Å². The van der Waals surface area contributed by atoms with E-state index in [9.17, 15) is 76.2 Å². The molecule has 376 valence electrons. The van der Waals surface area contributed by atoms with Crippen LogP contribution in [0.1, 0.15) is 69.9 Å². The zero-order chi connectivity index (χ0) is 51.1. The molecule has 2 aromatic rings. The van der Waals surface area contributed by atoms with Crippen molar-refractivity contribution >= 4 is 81.1 Å². The Kier molecular flexibility index (Phi) is 15.3. The number of allylic oxidation sites excluding steroid dienone is 5. The van der Waals surface area contributed by atoms with E-state index in [1.54, 1.807) is 23.3 Å². The van der Waals surface area contributed by atoms with Crippen molar-refractivity contribution in [1.82, 2.24) is 5.06 Å². The van der Waals surface area contributed by atoms with E-state index in [0.29, 0.717) is 22.0 Å². The second-order valence-corrected chi connectivity index (χ2v) is 23.0. The lowest BCUT2D eigenvalue weighted by atomic mass is 9.73. The summed E-state index contributed by atoms with van der Waals surface area (Å²) in [6.07, 6.45) is 1.47. The molecule has 3 aliphatic heterocycles. The molecule has 0 saturated carbocycles. The van der Waals surface area contributed by atoms with E-state index in [0.717, 1.165) is 18.2 Å². The number of amides is 2. The van der Waals surface area contributed by atoms with Gasteiger partial charge in [0.15, 0.2) is 12.3 Å². The summed E-state index contributed by atoms with van der Waals surface area (Å²) in [6, 6.07) is 7.37. The van der Waals surface area contributed by atoms with Gasteiger partial charge in [0.1, 0.15) is 12.4 Å². The van der Waals surface area contributed by atoms with Gasteiger partial charge in [0, 0.05) is 61.0 Å². The third kappa shape index (κ3) is 11.5. The number of anilines is 1. The van der Waals surface area contributed by atoms with Gasteiger partial charge in [0.2, 0.25) is 11.5 Å². The maximum absolute atomic E-state index is 14.4. The first kappa shape index (κ1) is 53.1. The van der Waals surface area contributed by atoms with Gasteiger partial charge in [-0.3, -0.25) is 32.6 Å². The van der Waals surface area contributed by atoms with Gasteiger partial charge >= 0.3 is 5.97 Å². The largest absolute Gasteiger partial charge is 0.506 e. The number of hydrogen-bond acceptors (Lipinski definition) is 17. The van der Waals surface area contributed by atoms with Crippen molar-refractivity contribution < 1.29 is 95.1 Å². The number of fused-ring (bicyclic) bond motifs is 2. The minimum absolute atomic E-state index is 0.0609. The molecule has 0 spiro atoms. The summed E-state index contributed by atoms with van der Waals surface area (Å²) in [4.78, 5) is 56.0. The lowest BCUT2D eigenvalue weighted by molar-refractivity contribution is -0.442. The van der Waals surface area contributed by atoms with Crippen LogP contribution in [-0.4, -0.2) is 147 Å². The molecule has 0 radical (unpaired) electrons. The fourth-order valence-corrected chi connectivity index (χ4v) is 11.0. The second-order valence-electron chi connectivity index (χ2n) is 17.0. The second kappa shape index (κ2) is 19.9. The zero-order valence-electron chi connectivity index (χ0n) is 37.4. The highest BCUT2D eigenvalue weighted by molar-refractivity contribution is 7.86. The van der Waals surface area contributed by atoms with Gasteiger partial charge in [-0.05, 0) is 81.5 Å². The number of ether oxygens (including phenoxy) is 2. The first-order chi connectivity index (χ1) is 32.0. The third-order valence-electron chi connectivity index (χ3n) is 12.4. The molecule has 2 atom stereocenters. The highest BCUT2D eigenvalue weighted by Gasteiger charge is 2.51. The van der Waals surface area contributed by atoms with E-state index < -0.39 is 102 Å². The summed E-state index contributed by atoms with van der Waals surface area (Å²) in [7, 11) is -17.1. The Morgan fingerprint density at radius 3 is 1.88 bits per heavy atom. The molecule has 4 aliphatic rings. The molecule has 3 heterocycles. The predicted octanol–water partition coefficient (Wildman–Crippen LogP) is 2.52. The van der Waals surface area contributed by atoms with Crippen LogP contribution in [0.4, 0.5) is 11.4 Å². The first-order valence-electron chi connectivity index (χ1n) is 21.1.